The minimum absolute atomic E-state index is 0.175. The third kappa shape index (κ3) is 3.85. The maximum atomic E-state index is 15.2. The van der Waals surface area contributed by atoms with Gasteiger partial charge in [0.05, 0.1) is 12.6 Å². The zero-order chi connectivity index (χ0) is 22.5. The average Bonchev–Trinajstić information content (AvgIpc) is 3.06. The van der Waals surface area contributed by atoms with Crippen LogP contribution in [0.15, 0.2) is 30.3 Å². The maximum absolute atomic E-state index is 15.2. The molecular weight excluding hydrogens is 408 g/mol. The highest BCUT2D eigenvalue weighted by Crippen LogP contribution is 2.43. The summed E-state index contributed by atoms with van der Waals surface area (Å²) >= 11 is 0. The number of nitrogens with zero attached hydrogens (tertiary/aromatic N) is 1. The van der Waals surface area contributed by atoms with E-state index in [0.29, 0.717) is 29.6 Å². The van der Waals surface area contributed by atoms with Gasteiger partial charge in [-0.05, 0) is 68.1 Å². The number of hydrogen-bond donors (Lipinski definition) is 2. The Balaban J connectivity index is 1.96. The first-order chi connectivity index (χ1) is 14.6. The van der Waals surface area contributed by atoms with Crippen molar-refractivity contribution in [2.75, 3.05) is 13.2 Å². The third-order valence-electron chi connectivity index (χ3n) is 6.23. The normalized spacial score (nSPS) is 21.3. The fourth-order valence-corrected chi connectivity index (χ4v) is 4.63. The first kappa shape index (κ1) is 21.8. The molecule has 0 saturated heterocycles. The SMILES string of the molecule is CCc1cc(F)c(C2c3[nH]c4cc(F)ccc4c3CC(C)N2CC(C)(F)CO)c(F)c1. The molecule has 31 heavy (non-hydrogen) atoms. The first-order valence-corrected chi connectivity index (χ1v) is 10.5. The summed E-state index contributed by atoms with van der Waals surface area (Å²) in [7, 11) is 0. The van der Waals surface area contributed by atoms with Crippen LogP contribution in [0.5, 0.6) is 0 Å². The Hall–Kier alpha value is -2.38. The quantitative estimate of drug-likeness (QED) is 0.542. The van der Waals surface area contributed by atoms with Crippen molar-refractivity contribution in [3.63, 3.8) is 0 Å². The molecule has 0 amide bonds. The molecule has 4 rings (SSSR count). The number of benzene rings is 2. The van der Waals surface area contributed by atoms with Crippen LogP contribution in [0.1, 0.15) is 49.2 Å². The second kappa shape index (κ2) is 7.95. The number of nitrogens with one attached hydrogen (secondary N) is 1. The van der Waals surface area contributed by atoms with Crippen LogP contribution in [0.25, 0.3) is 10.9 Å². The van der Waals surface area contributed by atoms with Crippen molar-refractivity contribution in [1.29, 1.82) is 0 Å². The van der Waals surface area contributed by atoms with Crippen LogP contribution < -0.4 is 0 Å². The van der Waals surface area contributed by atoms with E-state index in [0.717, 1.165) is 10.9 Å². The summed E-state index contributed by atoms with van der Waals surface area (Å²) in [6.07, 6.45) is 0.970. The Bertz CT molecular complexity index is 1100. The van der Waals surface area contributed by atoms with E-state index < -0.39 is 35.8 Å². The number of alkyl halides is 1. The minimum atomic E-state index is -1.96. The molecular formula is C24H26F4N2O. The smallest absolute Gasteiger partial charge is 0.143 e. The van der Waals surface area contributed by atoms with Crippen molar-refractivity contribution < 1.29 is 22.7 Å². The standard InChI is InChI=1S/C24H26F4N2O/c1-4-14-8-18(26)21(19(27)9-14)23-22-17(16-6-5-15(25)10-20(16)29-22)7-13(2)30(23)11-24(3,28)12-31/h5-6,8-10,13,23,29,31H,4,7,11-12H2,1-3H3. The Morgan fingerprint density at radius 1 is 1.16 bits per heavy atom. The third-order valence-corrected chi connectivity index (χ3v) is 6.23. The van der Waals surface area contributed by atoms with Gasteiger partial charge in [-0.15, -0.1) is 0 Å². The van der Waals surface area contributed by atoms with Crippen molar-refractivity contribution in [1.82, 2.24) is 9.88 Å². The zero-order valence-corrected chi connectivity index (χ0v) is 17.8. The summed E-state index contributed by atoms with van der Waals surface area (Å²) in [5.74, 6) is -1.84. The number of rotatable bonds is 5. The van der Waals surface area contributed by atoms with Crippen molar-refractivity contribution >= 4 is 10.9 Å². The molecule has 3 aromatic rings. The first-order valence-electron chi connectivity index (χ1n) is 10.5. The van der Waals surface area contributed by atoms with Crippen molar-refractivity contribution in [3.8, 4) is 0 Å². The van der Waals surface area contributed by atoms with E-state index in [4.69, 9.17) is 0 Å². The number of hydrogen-bond acceptors (Lipinski definition) is 2. The molecule has 0 bridgehead atoms. The number of aryl methyl sites for hydroxylation is 1. The van der Waals surface area contributed by atoms with E-state index >= 15 is 8.78 Å². The molecule has 0 spiro atoms. The fraction of sp³-hybridized carbons (Fsp3) is 0.417. The number of aromatic nitrogens is 1. The van der Waals surface area contributed by atoms with Crippen LogP contribution in [0, 0.1) is 17.5 Å². The summed E-state index contributed by atoms with van der Waals surface area (Å²) in [4.78, 5) is 4.82. The Labute approximate surface area is 178 Å². The Kier molecular flexibility index (Phi) is 5.60. The van der Waals surface area contributed by atoms with Gasteiger partial charge in [-0.2, -0.15) is 0 Å². The molecule has 1 aliphatic rings. The molecule has 2 N–H and O–H groups in total. The van der Waals surface area contributed by atoms with Gasteiger partial charge in [-0.3, -0.25) is 4.90 Å². The van der Waals surface area contributed by atoms with E-state index in [1.807, 2.05) is 13.8 Å². The highest BCUT2D eigenvalue weighted by Gasteiger charge is 2.41. The molecule has 0 radical (unpaired) electrons. The summed E-state index contributed by atoms with van der Waals surface area (Å²) in [6.45, 7) is 4.01. The molecule has 3 nitrogen and oxygen atoms in total. The molecule has 0 aliphatic carbocycles. The molecule has 1 aliphatic heterocycles. The average molecular weight is 434 g/mol. The summed E-state index contributed by atoms with van der Waals surface area (Å²) in [5.41, 5.74) is 0.282. The van der Waals surface area contributed by atoms with Gasteiger partial charge < -0.3 is 10.1 Å². The number of aliphatic hydroxyl groups is 1. The molecule has 1 aromatic heterocycles. The summed E-state index contributed by atoms with van der Waals surface area (Å²) in [6, 6.07) is 5.75. The number of fused-ring (bicyclic) bond motifs is 3. The number of H-pyrrole nitrogens is 1. The van der Waals surface area contributed by atoms with Gasteiger partial charge in [0.25, 0.3) is 0 Å². The van der Waals surface area contributed by atoms with E-state index in [1.165, 1.54) is 31.2 Å². The van der Waals surface area contributed by atoms with Gasteiger partial charge >= 0.3 is 0 Å². The molecule has 166 valence electrons. The molecule has 7 heteroatoms. The molecule has 0 saturated carbocycles. The molecule has 2 aromatic carbocycles. The van der Waals surface area contributed by atoms with Crippen LogP contribution in [-0.4, -0.2) is 39.9 Å². The summed E-state index contributed by atoms with van der Waals surface area (Å²) < 4.78 is 59.2. The van der Waals surface area contributed by atoms with E-state index in [-0.39, 0.29) is 18.2 Å². The van der Waals surface area contributed by atoms with Gasteiger partial charge in [0, 0.05) is 34.7 Å². The lowest BCUT2D eigenvalue weighted by atomic mass is 9.86. The van der Waals surface area contributed by atoms with Gasteiger partial charge in [-0.1, -0.05) is 6.92 Å². The lowest BCUT2D eigenvalue weighted by Crippen LogP contribution is -2.50. The highest BCUT2D eigenvalue weighted by molar-refractivity contribution is 5.85. The van der Waals surface area contributed by atoms with Crippen molar-refractivity contribution in [2.24, 2.45) is 0 Å². The Morgan fingerprint density at radius 2 is 1.84 bits per heavy atom. The van der Waals surface area contributed by atoms with E-state index in [9.17, 15) is 13.9 Å². The van der Waals surface area contributed by atoms with Crippen LogP contribution in [0.2, 0.25) is 0 Å². The van der Waals surface area contributed by atoms with Crippen LogP contribution in [0.4, 0.5) is 17.6 Å². The molecule has 2 heterocycles. The lowest BCUT2D eigenvalue weighted by Gasteiger charge is -2.43. The van der Waals surface area contributed by atoms with Gasteiger partial charge in [0.15, 0.2) is 0 Å². The topological polar surface area (TPSA) is 39.3 Å². The van der Waals surface area contributed by atoms with Crippen LogP contribution >= 0.6 is 0 Å². The number of aliphatic hydroxyl groups excluding tert-OH is 1. The second-order valence-corrected chi connectivity index (χ2v) is 8.73. The van der Waals surface area contributed by atoms with Crippen LogP contribution in [0.3, 0.4) is 0 Å². The second-order valence-electron chi connectivity index (χ2n) is 8.73. The Morgan fingerprint density at radius 3 is 2.45 bits per heavy atom. The van der Waals surface area contributed by atoms with Crippen molar-refractivity contribution in [3.05, 3.63) is 70.2 Å². The van der Waals surface area contributed by atoms with Gasteiger partial charge in [0.1, 0.15) is 23.1 Å². The van der Waals surface area contributed by atoms with Crippen molar-refractivity contribution in [2.45, 2.75) is 51.4 Å². The van der Waals surface area contributed by atoms with E-state index in [2.05, 4.69) is 4.98 Å². The van der Waals surface area contributed by atoms with Crippen LogP contribution in [-0.2, 0) is 12.8 Å². The largest absolute Gasteiger partial charge is 0.393 e. The predicted molar refractivity (Wildman–Crippen MR) is 112 cm³/mol. The minimum Gasteiger partial charge on any atom is -0.393 e. The molecule has 3 atom stereocenters. The van der Waals surface area contributed by atoms with E-state index in [1.54, 1.807) is 11.0 Å². The summed E-state index contributed by atoms with van der Waals surface area (Å²) in [5, 5.41) is 10.3. The molecule has 3 unspecified atom stereocenters. The zero-order valence-electron chi connectivity index (χ0n) is 17.8. The maximum Gasteiger partial charge on any atom is 0.143 e. The lowest BCUT2D eigenvalue weighted by molar-refractivity contribution is 0.0162. The fourth-order valence-electron chi connectivity index (χ4n) is 4.63. The number of aromatic amines is 1. The monoisotopic (exact) mass is 434 g/mol. The van der Waals surface area contributed by atoms with Gasteiger partial charge in [0.2, 0.25) is 0 Å². The highest BCUT2D eigenvalue weighted by atomic mass is 19.1. The number of halogens is 4. The predicted octanol–water partition coefficient (Wildman–Crippen LogP) is 5.20. The molecule has 0 fully saturated rings. The van der Waals surface area contributed by atoms with Gasteiger partial charge in [-0.25, -0.2) is 17.6 Å².